The van der Waals surface area contributed by atoms with Crippen LogP contribution in [0.15, 0.2) is 72.8 Å². The third kappa shape index (κ3) is 1.81. The molecule has 0 saturated heterocycles. The second-order valence-corrected chi connectivity index (χ2v) is 8.15. The molecule has 0 radical (unpaired) electrons. The van der Waals surface area contributed by atoms with Gasteiger partial charge in [-0.05, 0) is 24.3 Å². The van der Waals surface area contributed by atoms with E-state index in [1.165, 1.54) is 35.9 Å². The van der Waals surface area contributed by atoms with Gasteiger partial charge >= 0.3 is 0 Å². The third-order valence-corrected chi connectivity index (χ3v) is 6.87. The molecule has 6 aromatic rings. The van der Waals surface area contributed by atoms with Gasteiger partial charge in [-0.25, -0.2) is 4.98 Å². The number of thiazole rings is 1. The van der Waals surface area contributed by atoms with E-state index in [4.69, 9.17) is 4.98 Å². The van der Waals surface area contributed by atoms with Gasteiger partial charge in [-0.15, -0.1) is 11.3 Å². The topological polar surface area (TPSA) is 17.8 Å². The van der Waals surface area contributed by atoms with E-state index in [0.717, 1.165) is 10.6 Å². The Hall–Kier alpha value is -2.69. The van der Waals surface area contributed by atoms with Crippen LogP contribution in [0.4, 0.5) is 0 Å². The molecule has 25 heavy (non-hydrogen) atoms. The van der Waals surface area contributed by atoms with E-state index in [2.05, 4.69) is 77.4 Å². The van der Waals surface area contributed by atoms with Crippen LogP contribution >= 0.6 is 22.7 Å². The molecule has 3 aromatic heterocycles. The lowest BCUT2D eigenvalue weighted by Crippen LogP contribution is -1.92. The van der Waals surface area contributed by atoms with E-state index in [1.54, 1.807) is 11.3 Å². The van der Waals surface area contributed by atoms with Crippen LogP contribution in [0.25, 0.3) is 46.6 Å². The molecular formula is C21H12N2S2. The van der Waals surface area contributed by atoms with Crippen molar-refractivity contribution in [3.8, 4) is 5.13 Å². The number of aromatic nitrogens is 2. The van der Waals surface area contributed by atoms with Crippen molar-refractivity contribution in [2.45, 2.75) is 0 Å². The zero-order valence-corrected chi connectivity index (χ0v) is 14.8. The fourth-order valence-corrected chi connectivity index (χ4v) is 5.78. The van der Waals surface area contributed by atoms with Crippen LogP contribution in [0.2, 0.25) is 0 Å². The maximum Gasteiger partial charge on any atom is 0.195 e. The van der Waals surface area contributed by atoms with Gasteiger partial charge < -0.3 is 0 Å². The molecule has 0 aliphatic rings. The van der Waals surface area contributed by atoms with Gasteiger partial charge in [-0.2, -0.15) is 0 Å². The van der Waals surface area contributed by atoms with Gasteiger partial charge in [0.1, 0.15) is 0 Å². The quantitative estimate of drug-likeness (QED) is 0.324. The smallest absolute Gasteiger partial charge is 0.195 e. The highest BCUT2D eigenvalue weighted by Crippen LogP contribution is 2.43. The molecule has 3 aromatic carbocycles. The average molecular weight is 356 g/mol. The fourth-order valence-electron chi connectivity index (χ4n) is 3.57. The van der Waals surface area contributed by atoms with Crippen molar-refractivity contribution in [3.05, 3.63) is 72.8 Å². The highest BCUT2D eigenvalue weighted by atomic mass is 32.1. The molecule has 0 amide bonds. The minimum atomic E-state index is 1.04. The Labute approximate surface area is 151 Å². The molecule has 0 aliphatic carbocycles. The molecule has 0 unspecified atom stereocenters. The van der Waals surface area contributed by atoms with Crippen LogP contribution in [0.5, 0.6) is 0 Å². The maximum atomic E-state index is 4.93. The highest BCUT2D eigenvalue weighted by Gasteiger charge is 2.19. The molecule has 0 aliphatic heterocycles. The van der Waals surface area contributed by atoms with Crippen molar-refractivity contribution in [2.24, 2.45) is 0 Å². The van der Waals surface area contributed by atoms with Crippen molar-refractivity contribution < 1.29 is 0 Å². The summed E-state index contributed by atoms with van der Waals surface area (Å²) in [6.45, 7) is 0. The highest BCUT2D eigenvalue weighted by molar-refractivity contribution is 7.26. The minimum Gasteiger partial charge on any atom is -0.284 e. The Morgan fingerprint density at radius 2 is 1.40 bits per heavy atom. The van der Waals surface area contributed by atoms with Gasteiger partial charge in [0.2, 0.25) is 0 Å². The maximum absolute atomic E-state index is 4.93. The zero-order chi connectivity index (χ0) is 16.4. The van der Waals surface area contributed by atoms with E-state index in [1.807, 2.05) is 11.3 Å². The Balaban J connectivity index is 1.85. The fraction of sp³-hybridized carbons (Fsp3) is 0. The van der Waals surface area contributed by atoms with E-state index in [9.17, 15) is 0 Å². The first-order chi connectivity index (χ1) is 12.4. The molecule has 0 bridgehead atoms. The summed E-state index contributed by atoms with van der Waals surface area (Å²) in [5.74, 6) is 0. The van der Waals surface area contributed by atoms with Crippen LogP contribution < -0.4 is 0 Å². The summed E-state index contributed by atoms with van der Waals surface area (Å²) < 4.78 is 6.24. The molecule has 2 nitrogen and oxygen atoms in total. The summed E-state index contributed by atoms with van der Waals surface area (Å²) in [5, 5.41) is 3.65. The minimum absolute atomic E-state index is 1.04. The van der Waals surface area contributed by atoms with Gasteiger partial charge in [0.05, 0.1) is 25.9 Å². The number of para-hydroxylation sites is 2. The van der Waals surface area contributed by atoms with Crippen molar-refractivity contribution in [1.82, 2.24) is 9.55 Å². The summed E-state index contributed by atoms with van der Waals surface area (Å²) >= 11 is 3.62. The second-order valence-electron chi connectivity index (χ2n) is 6.09. The molecule has 0 spiro atoms. The number of nitrogens with zero attached hydrogens (tertiary/aromatic N) is 2. The number of benzene rings is 3. The van der Waals surface area contributed by atoms with Crippen molar-refractivity contribution in [2.75, 3.05) is 0 Å². The third-order valence-electron chi connectivity index (χ3n) is 4.66. The van der Waals surface area contributed by atoms with E-state index in [0.29, 0.717) is 0 Å². The zero-order valence-electron chi connectivity index (χ0n) is 13.1. The summed E-state index contributed by atoms with van der Waals surface area (Å²) in [6.07, 6.45) is 0. The Morgan fingerprint density at radius 1 is 0.680 bits per heavy atom. The van der Waals surface area contributed by atoms with E-state index >= 15 is 0 Å². The SMILES string of the molecule is c1ccc2sc(-n3c4ccccc4c4sc5ccccc5c43)nc2c1. The average Bonchev–Trinajstić information content (AvgIpc) is 3.32. The monoisotopic (exact) mass is 356 g/mol. The number of fused-ring (bicyclic) bond motifs is 6. The van der Waals surface area contributed by atoms with Crippen LogP contribution in [-0.4, -0.2) is 9.55 Å². The van der Waals surface area contributed by atoms with E-state index in [-0.39, 0.29) is 0 Å². The lowest BCUT2D eigenvalue weighted by atomic mass is 10.2. The van der Waals surface area contributed by atoms with Crippen molar-refractivity contribution in [3.63, 3.8) is 0 Å². The summed E-state index contributed by atoms with van der Waals surface area (Å²) in [7, 11) is 0. The molecule has 3 heterocycles. The van der Waals surface area contributed by atoms with Crippen LogP contribution in [0.3, 0.4) is 0 Å². The van der Waals surface area contributed by atoms with Crippen LogP contribution in [-0.2, 0) is 0 Å². The number of rotatable bonds is 1. The molecule has 4 heteroatoms. The lowest BCUT2D eigenvalue weighted by molar-refractivity contribution is 1.15. The predicted molar refractivity (Wildman–Crippen MR) is 109 cm³/mol. The van der Waals surface area contributed by atoms with Gasteiger partial charge in [-0.3, -0.25) is 4.57 Å². The molecule has 118 valence electrons. The van der Waals surface area contributed by atoms with Crippen molar-refractivity contribution >= 4 is 64.1 Å². The molecular weight excluding hydrogens is 344 g/mol. The predicted octanol–water partition coefficient (Wildman–Crippen LogP) is 6.61. The lowest BCUT2D eigenvalue weighted by Gasteiger charge is -2.02. The molecule has 0 N–H and O–H groups in total. The van der Waals surface area contributed by atoms with Gasteiger partial charge in [-0.1, -0.05) is 59.9 Å². The first-order valence-corrected chi connectivity index (χ1v) is 9.80. The van der Waals surface area contributed by atoms with Gasteiger partial charge in [0, 0.05) is 15.5 Å². The van der Waals surface area contributed by atoms with Crippen molar-refractivity contribution in [1.29, 1.82) is 0 Å². The Bertz CT molecular complexity index is 1360. The normalized spacial score (nSPS) is 12.0. The van der Waals surface area contributed by atoms with Crippen LogP contribution in [0, 0.1) is 0 Å². The summed E-state index contributed by atoms with van der Waals surface area (Å²) in [5.41, 5.74) is 3.57. The van der Waals surface area contributed by atoms with Crippen LogP contribution in [0.1, 0.15) is 0 Å². The number of hydrogen-bond acceptors (Lipinski definition) is 3. The largest absolute Gasteiger partial charge is 0.284 e. The molecule has 0 atom stereocenters. The number of hydrogen-bond donors (Lipinski definition) is 0. The first kappa shape index (κ1) is 13.6. The summed E-state index contributed by atoms with van der Waals surface area (Å²) in [4.78, 5) is 4.93. The summed E-state index contributed by atoms with van der Waals surface area (Å²) in [6, 6.07) is 25.7. The Kier molecular flexibility index (Phi) is 2.67. The molecule has 0 saturated carbocycles. The molecule has 6 rings (SSSR count). The number of thiophene rings is 1. The van der Waals surface area contributed by atoms with E-state index < -0.39 is 0 Å². The van der Waals surface area contributed by atoms with Gasteiger partial charge in [0.25, 0.3) is 0 Å². The van der Waals surface area contributed by atoms with Gasteiger partial charge in [0.15, 0.2) is 5.13 Å². The molecule has 0 fully saturated rings. The Morgan fingerprint density at radius 3 is 2.28 bits per heavy atom. The standard InChI is InChI=1S/C21H12N2S2/c1-4-10-16-13(7-1)20-19(14-8-2-5-11-17(14)24-20)23(16)21-22-15-9-3-6-12-18(15)25-21/h1-12H. The first-order valence-electron chi connectivity index (χ1n) is 8.17. The second kappa shape index (κ2) is 4.91.